The first-order chi connectivity index (χ1) is 10.5. The first-order valence-corrected chi connectivity index (χ1v) is 8.10. The zero-order chi connectivity index (χ0) is 16.3. The van der Waals surface area contributed by atoms with Gasteiger partial charge in [-0.25, -0.2) is 0 Å². The summed E-state index contributed by atoms with van der Waals surface area (Å²) in [6.45, 7) is 5.92. The van der Waals surface area contributed by atoms with Crippen LogP contribution in [-0.4, -0.2) is 34.3 Å². The zero-order valence-corrected chi connectivity index (χ0v) is 14.2. The van der Waals surface area contributed by atoms with Gasteiger partial charge >= 0.3 is 0 Å². The van der Waals surface area contributed by atoms with Gasteiger partial charge in [0.2, 0.25) is 0 Å². The number of nitrogens with zero attached hydrogens (tertiary/aromatic N) is 1. The van der Waals surface area contributed by atoms with Gasteiger partial charge < -0.3 is 9.84 Å². The number of halogens is 1. The normalized spacial score (nSPS) is 16.5. The summed E-state index contributed by atoms with van der Waals surface area (Å²) in [5.74, 6) is -0.0377. The Balaban J connectivity index is 2.35. The fourth-order valence-corrected chi connectivity index (χ4v) is 3.19. The third kappa shape index (κ3) is 3.36. The van der Waals surface area contributed by atoms with Gasteiger partial charge in [0.05, 0.1) is 16.0 Å². The topological polar surface area (TPSA) is 66.8 Å². The number of ether oxygens (including phenoxy) is 1. The van der Waals surface area contributed by atoms with Crippen molar-refractivity contribution in [3.05, 3.63) is 39.7 Å². The predicted molar refractivity (Wildman–Crippen MR) is 89.8 cm³/mol. The molecule has 1 N–H and O–H groups in total. The number of thioether (sulfide) groups is 1. The Kier molecular flexibility index (Phi) is 5.31. The smallest absolute Gasteiger partial charge is 0.293 e. The summed E-state index contributed by atoms with van der Waals surface area (Å²) in [6.07, 6.45) is 3.10. The Bertz CT molecular complexity index is 672. The van der Waals surface area contributed by atoms with Crippen molar-refractivity contribution in [1.29, 1.82) is 0 Å². The molecule has 1 fully saturated rings. The molecular formula is C15H14BrNO4S. The molecule has 0 aromatic heterocycles. The molecule has 1 aliphatic heterocycles. The minimum atomic E-state index is -0.350. The molecule has 0 atom stereocenters. The van der Waals surface area contributed by atoms with E-state index >= 15 is 0 Å². The van der Waals surface area contributed by atoms with Gasteiger partial charge in [0.15, 0.2) is 11.5 Å². The van der Waals surface area contributed by atoms with Crippen LogP contribution in [0.4, 0.5) is 4.79 Å². The highest BCUT2D eigenvalue weighted by atomic mass is 79.9. The van der Waals surface area contributed by atoms with E-state index in [4.69, 9.17) is 4.74 Å². The summed E-state index contributed by atoms with van der Waals surface area (Å²) in [5.41, 5.74) is 0.650. The van der Waals surface area contributed by atoms with E-state index in [-0.39, 0.29) is 23.4 Å². The number of phenols is 1. The molecule has 1 heterocycles. The molecule has 1 aliphatic rings. The maximum Gasteiger partial charge on any atom is 0.293 e. The van der Waals surface area contributed by atoms with Gasteiger partial charge in [0.25, 0.3) is 11.1 Å². The van der Waals surface area contributed by atoms with Gasteiger partial charge in [-0.15, -0.1) is 6.58 Å². The van der Waals surface area contributed by atoms with Crippen molar-refractivity contribution in [2.75, 3.05) is 13.2 Å². The van der Waals surface area contributed by atoms with Gasteiger partial charge in [0.1, 0.15) is 0 Å². The van der Waals surface area contributed by atoms with Crippen LogP contribution in [0.15, 0.2) is 34.2 Å². The van der Waals surface area contributed by atoms with E-state index in [0.29, 0.717) is 27.3 Å². The second kappa shape index (κ2) is 7.02. The zero-order valence-electron chi connectivity index (χ0n) is 11.8. The quantitative estimate of drug-likeness (QED) is 0.618. The molecule has 1 saturated heterocycles. The van der Waals surface area contributed by atoms with E-state index in [9.17, 15) is 14.7 Å². The van der Waals surface area contributed by atoms with Crippen LogP contribution in [0.2, 0.25) is 0 Å². The Hall–Kier alpha value is -1.73. The van der Waals surface area contributed by atoms with E-state index in [1.807, 2.05) is 0 Å². The lowest BCUT2D eigenvalue weighted by molar-refractivity contribution is -0.122. The highest BCUT2D eigenvalue weighted by Gasteiger charge is 2.34. The monoisotopic (exact) mass is 383 g/mol. The fourth-order valence-electron chi connectivity index (χ4n) is 1.88. The predicted octanol–water partition coefficient (Wildman–Crippen LogP) is 3.78. The molecule has 1 aromatic rings. The maximum absolute atomic E-state index is 12.1. The third-order valence-corrected chi connectivity index (χ3v) is 4.35. The number of phenolic OH excluding ortho intramolecular Hbond substituents is 1. The van der Waals surface area contributed by atoms with Crippen molar-refractivity contribution < 1.29 is 19.4 Å². The number of hydrogen-bond acceptors (Lipinski definition) is 5. The molecule has 0 aliphatic carbocycles. The average molecular weight is 384 g/mol. The van der Waals surface area contributed by atoms with E-state index in [1.165, 1.54) is 6.08 Å². The van der Waals surface area contributed by atoms with Gasteiger partial charge in [-0.3, -0.25) is 14.5 Å². The summed E-state index contributed by atoms with van der Waals surface area (Å²) >= 11 is 4.12. The molecular weight excluding hydrogens is 370 g/mol. The van der Waals surface area contributed by atoms with Gasteiger partial charge in [-0.1, -0.05) is 6.08 Å². The van der Waals surface area contributed by atoms with E-state index < -0.39 is 0 Å². The number of rotatable bonds is 5. The summed E-state index contributed by atoms with van der Waals surface area (Å²) in [5, 5.41) is 9.56. The Labute approximate surface area is 140 Å². The molecule has 22 heavy (non-hydrogen) atoms. The second-order valence-electron chi connectivity index (χ2n) is 4.36. The number of amides is 2. The number of hydrogen-bond donors (Lipinski definition) is 1. The average Bonchev–Trinajstić information content (AvgIpc) is 2.72. The molecule has 5 nitrogen and oxygen atoms in total. The fraction of sp³-hybridized carbons (Fsp3) is 0.200. The lowest BCUT2D eigenvalue weighted by Gasteiger charge is -2.09. The van der Waals surface area contributed by atoms with Crippen LogP contribution >= 0.6 is 27.7 Å². The molecule has 116 valence electrons. The van der Waals surface area contributed by atoms with Crippen molar-refractivity contribution in [1.82, 2.24) is 4.90 Å². The highest BCUT2D eigenvalue weighted by molar-refractivity contribution is 9.10. The van der Waals surface area contributed by atoms with Crippen LogP contribution in [0.3, 0.4) is 0 Å². The first kappa shape index (κ1) is 16.6. The summed E-state index contributed by atoms with van der Waals surface area (Å²) in [4.78, 5) is 25.4. The Morgan fingerprint density at radius 3 is 2.82 bits per heavy atom. The summed E-state index contributed by atoms with van der Waals surface area (Å²) in [6, 6.07) is 3.27. The minimum Gasteiger partial charge on any atom is -0.503 e. The maximum atomic E-state index is 12.1. The second-order valence-corrected chi connectivity index (χ2v) is 6.21. The molecule has 0 saturated carbocycles. The number of carbonyl (C=O) groups is 2. The van der Waals surface area contributed by atoms with Crippen LogP contribution in [0.1, 0.15) is 12.5 Å². The van der Waals surface area contributed by atoms with E-state index in [0.717, 1.165) is 16.7 Å². The number of benzene rings is 1. The SMILES string of the molecule is C=CCN1C(=O)SC(=Cc2cc(Br)c(O)c(OCC)c2)C1=O. The largest absolute Gasteiger partial charge is 0.503 e. The molecule has 2 amide bonds. The summed E-state index contributed by atoms with van der Waals surface area (Å²) < 4.78 is 5.79. The van der Waals surface area contributed by atoms with Crippen LogP contribution in [0.25, 0.3) is 6.08 Å². The Morgan fingerprint density at radius 2 is 2.18 bits per heavy atom. The highest BCUT2D eigenvalue weighted by Crippen LogP contribution is 2.38. The number of aromatic hydroxyl groups is 1. The lowest BCUT2D eigenvalue weighted by atomic mass is 10.2. The molecule has 1 aromatic carbocycles. The first-order valence-electron chi connectivity index (χ1n) is 6.49. The lowest BCUT2D eigenvalue weighted by Crippen LogP contribution is -2.27. The molecule has 0 unspecified atom stereocenters. The molecule has 0 spiro atoms. The summed E-state index contributed by atoms with van der Waals surface area (Å²) in [7, 11) is 0. The van der Waals surface area contributed by atoms with Crippen LogP contribution in [0.5, 0.6) is 11.5 Å². The van der Waals surface area contributed by atoms with Crippen molar-refractivity contribution in [2.45, 2.75) is 6.92 Å². The van der Waals surface area contributed by atoms with Crippen LogP contribution in [-0.2, 0) is 4.79 Å². The van der Waals surface area contributed by atoms with Crippen molar-refractivity contribution in [3.8, 4) is 11.5 Å². The standard InChI is InChI=1S/C15H14BrNO4S/c1-3-5-17-14(19)12(22-15(17)20)8-9-6-10(16)13(18)11(7-9)21-4-2/h3,6-8,18H,1,4-5H2,2H3. The molecule has 7 heteroatoms. The molecule has 0 bridgehead atoms. The van der Waals surface area contributed by atoms with E-state index in [2.05, 4.69) is 22.5 Å². The van der Waals surface area contributed by atoms with Gasteiger partial charge in [-0.05, 0) is 58.4 Å². The third-order valence-electron chi connectivity index (χ3n) is 2.83. The van der Waals surface area contributed by atoms with Crippen molar-refractivity contribution >= 4 is 44.9 Å². The Morgan fingerprint density at radius 1 is 1.45 bits per heavy atom. The van der Waals surface area contributed by atoms with Crippen LogP contribution < -0.4 is 4.74 Å². The van der Waals surface area contributed by atoms with Crippen molar-refractivity contribution in [3.63, 3.8) is 0 Å². The van der Waals surface area contributed by atoms with Gasteiger partial charge in [0, 0.05) is 6.54 Å². The van der Waals surface area contributed by atoms with Gasteiger partial charge in [-0.2, -0.15) is 0 Å². The molecule has 0 radical (unpaired) electrons. The van der Waals surface area contributed by atoms with E-state index in [1.54, 1.807) is 25.1 Å². The number of imide groups is 1. The van der Waals surface area contributed by atoms with Crippen molar-refractivity contribution in [2.24, 2.45) is 0 Å². The minimum absolute atomic E-state index is 0.00115. The van der Waals surface area contributed by atoms with Crippen LogP contribution in [0, 0.1) is 0 Å². The molecule has 2 rings (SSSR count). The number of carbonyl (C=O) groups excluding carboxylic acids is 2.